The lowest BCUT2D eigenvalue weighted by atomic mass is 10.2. The molecule has 0 aromatic carbocycles. The van der Waals surface area contributed by atoms with Crippen LogP contribution in [0.15, 0.2) is 15.7 Å². The van der Waals surface area contributed by atoms with Crippen LogP contribution in [-0.2, 0) is 10.0 Å². The first-order valence-corrected chi connectivity index (χ1v) is 6.05. The van der Waals surface area contributed by atoms with E-state index in [0.717, 1.165) is 6.20 Å². The van der Waals surface area contributed by atoms with Gasteiger partial charge in [0.2, 0.25) is 10.0 Å². The molecule has 1 heterocycles. The van der Waals surface area contributed by atoms with Crippen molar-refractivity contribution in [3.63, 3.8) is 0 Å². The molecule has 0 fully saturated rings. The van der Waals surface area contributed by atoms with Gasteiger partial charge in [0.05, 0.1) is 0 Å². The minimum Gasteiger partial charge on any atom is -0.248 e. The number of sulfonamides is 1. The molecule has 0 unspecified atom stereocenters. The molecule has 0 bridgehead atoms. The zero-order valence-electron chi connectivity index (χ0n) is 7.54. The molecule has 2 N–H and O–H groups in total. The molecule has 1 aromatic rings. The molecular formula is C7H7BrF2N2O2S. The summed E-state index contributed by atoms with van der Waals surface area (Å²) in [5.74, 6) is 0. The van der Waals surface area contributed by atoms with Crippen molar-refractivity contribution < 1.29 is 17.2 Å². The van der Waals surface area contributed by atoms with Crippen LogP contribution in [0.5, 0.6) is 0 Å². The van der Waals surface area contributed by atoms with Crippen molar-refractivity contribution in [2.75, 3.05) is 0 Å². The van der Waals surface area contributed by atoms with Gasteiger partial charge in [-0.2, -0.15) is 0 Å². The number of rotatable bonds is 2. The van der Waals surface area contributed by atoms with Crippen molar-refractivity contribution in [2.45, 2.75) is 18.2 Å². The van der Waals surface area contributed by atoms with Crippen LogP contribution in [-0.4, -0.2) is 13.4 Å². The average molecular weight is 301 g/mol. The van der Waals surface area contributed by atoms with Crippen LogP contribution in [0, 0.1) is 6.92 Å². The van der Waals surface area contributed by atoms with Crippen molar-refractivity contribution >= 4 is 26.0 Å². The summed E-state index contributed by atoms with van der Waals surface area (Å²) in [4.78, 5) is 2.96. The summed E-state index contributed by atoms with van der Waals surface area (Å²) in [6.45, 7) is 1.34. The van der Waals surface area contributed by atoms with E-state index in [1.165, 1.54) is 6.92 Å². The molecular weight excluding hydrogens is 294 g/mol. The molecule has 0 aliphatic carbocycles. The summed E-state index contributed by atoms with van der Waals surface area (Å²) < 4.78 is 47.3. The van der Waals surface area contributed by atoms with E-state index >= 15 is 0 Å². The minimum absolute atomic E-state index is 0.0808. The summed E-state index contributed by atoms with van der Waals surface area (Å²) in [5.41, 5.74) is -0.531. The number of nitrogens with two attached hydrogens (primary N) is 1. The van der Waals surface area contributed by atoms with Gasteiger partial charge in [-0.1, -0.05) is 0 Å². The zero-order chi connectivity index (χ0) is 11.8. The highest BCUT2D eigenvalue weighted by molar-refractivity contribution is 9.10. The molecule has 15 heavy (non-hydrogen) atoms. The van der Waals surface area contributed by atoms with Crippen LogP contribution in [0.1, 0.15) is 17.6 Å². The Morgan fingerprint density at radius 2 is 2.07 bits per heavy atom. The summed E-state index contributed by atoms with van der Waals surface area (Å²) >= 11 is 2.78. The molecule has 0 radical (unpaired) electrons. The highest BCUT2D eigenvalue weighted by Crippen LogP contribution is 2.32. The summed E-state index contributed by atoms with van der Waals surface area (Å²) in [6, 6.07) is 0. The van der Waals surface area contributed by atoms with Gasteiger partial charge in [0.15, 0.2) is 0 Å². The first kappa shape index (κ1) is 12.5. The highest BCUT2D eigenvalue weighted by Gasteiger charge is 2.26. The molecule has 0 aliphatic heterocycles. The van der Waals surface area contributed by atoms with Gasteiger partial charge >= 0.3 is 0 Å². The molecule has 0 saturated heterocycles. The average Bonchev–Trinajstić information content (AvgIpc) is 2.05. The predicted octanol–water partition coefficient (Wildman–Crippen LogP) is 1.74. The monoisotopic (exact) mass is 300 g/mol. The van der Waals surface area contributed by atoms with E-state index in [0.29, 0.717) is 0 Å². The Morgan fingerprint density at radius 1 is 1.53 bits per heavy atom. The summed E-state index contributed by atoms with van der Waals surface area (Å²) in [7, 11) is -4.22. The molecule has 84 valence electrons. The Morgan fingerprint density at radius 3 is 2.40 bits per heavy atom. The number of hydrogen-bond donors (Lipinski definition) is 1. The number of primary sulfonamides is 1. The van der Waals surface area contributed by atoms with Crippen molar-refractivity contribution in [3.05, 3.63) is 21.9 Å². The molecule has 0 aliphatic rings. The van der Waals surface area contributed by atoms with Gasteiger partial charge < -0.3 is 0 Å². The van der Waals surface area contributed by atoms with Crippen LogP contribution in [0.3, 0.4) is 0 Å². The Labute approximate surface area is 93.7 Å². The summed E-state index contributed by atoms with van der Waals surface area (Å²) in [6.07, 6.45) is -1.77. The van der Waals surface area contributed by atoms with Crippen molar-refractivity contribution in [2.24, 2.45) is 5.14 Å². The third-order valence-corrected chi connectivity index (χ3v) is 3.58. The number of hydrogen-bond acceptors (Lipinski definition) is 3. The van der Waals surface area contributed by atoms with E-state index in [1.807, 2.05) is 0 Å². The topological polar surface area (TPSA) is 73.0 Å². The van der Waals surface area contributed by atoms with Crippen LogP contribution < -0.4 is 5.14 Å². The number of alkyl halides is 2. The largest absolute Gasteiger partial charge is 0.265 e. The maximum Gasteiger partial charge on any atom is 0.265 e. The van der Waals surface area contributed by atoms with Crippen molar-refractivity contribution in [3.8, 4) is 0 Å². The third-order valence-electron chi connectivity index (χ3n) is 1.73. The Kier molecular flexibility index (Phi) is 3.41. The number of nitrogens with zero attached hydrogens (tertiary/aromatic N) is 1. The van der Waals surface area contributed by atoms with E-state index < -0.39 is 26.9 Å². The second-order valence-corrected chi connectivity index (χ2v) is 5.07. The maximum atomic E-state index is 12.6. The maximum absolute atomic E-state index is 12.6. The van der Waals surface area contributed by atoms with E-state index in [2.05, 4.69) is 20.9 Å². The first-order valence-electron chi connectivity index (χ1n) is 3.71. The number of aryl methyl sites for hydroxylation is 1. The lowest BCUT2D eigenvalue weighted by Gasteiger charge is -2.10. The fourth-order valence-corrected chi connectivity index (χ4v) is 2.95. The van der Waals surface area contributed by atoms with E-state index in [9.17, 15) is 17.2 Å². The van der Waals surface area contributed by atoms with Crippen molar-refractivity contribution in [1.82, 2.24) is 4.98 Å². The molecule has 1 aromatic heterocycles. The van der Waals surface area contributed by atoms with E-state index in [4.69, 9.17) is 5.14 Å². The van der Waals surface area contributed by atoms with Gasteiger partial charge in [-0.15, -0.1) is 0 Å². The lowest BCUT2D eigenvalue weighted by Crippen LogP contribution is -2.17. The van der Waals surface area contributed by atoms with E-state index in [1.54, 1.807) is 0 Å². The SMILES string of the molecule is Cc1cnc(Br)c(S(N)(=O)=O)c1C(F)F. The quantitative estimate of drug-likeness (QED) is 0.846. The molecule has 0 spiro atoms. The van der Waals surface area contributed by atoms with Gasteiger partial charge in [0.25, 0.3) is 6.43 Å². The molecule has 8 heteroatoms. The van der Waals surface area contributed by atoms with Gasteiger partial charge in [-0.25, -0.2) is 27.3 Å². The lowest BCUT2D eigenvalue weighted by molar-refractivity contribution is 0.146. The minimum atomic E-state index is -4.22. The Hall–Kier alpha value is -0.600. The van der Waals surface area contributed by atoms with Gasteiger partial charge in [-0.3, -0.25) is 0 Å². The fraction of sp³-hybridized carbons (Fsp3) is 0.286. The Bertz CT molecular complexity index is 490. The van der Waals surface area contributed by atoms with Crippen LogP contribution in [0.2, 0.25) is 0 Å². The van der Waals surface area contributed by atoms with Gasteiger partial charge in [-0.05, 0) is 28.4 Å². The van der Waals surface area contributed by atoms with Gasteiger partial charge in [0.1, 0.15) is 9.50 Å². The second-order valence-electron chi connectivity index (χ2n) is 2.82. The van der Waals surface area contributed by atoms with Crippen molar-refractivity contribution in [1.29, 1.82) is 0 Å². The van der Waals surface area contributed by atoms with E-state index in [-0.39, 0.29) is 10.2 Å². The summed E-state index contributed by atoms with van der Waals surface area (Å²) in [5, 5.41) is 4.83. The number of pyridine rings is 1. The predicted molar refractivity (Wildman–Crippen MR) is 53.0 cm³/mol. The molecule has 1 rings (SSSR count). The fourth-order valence-electron chi connectivity index (χ4n) is 1.11. The first-order chi connectivity index (χ1) is 6.75. The zero-order valence-corrected chi connectivity index (χ0v) is 9.94. The number of halogens is 3. The number of aromatic nitrogens is 1. The molecule has 4 nitrogen and oxygen atoms in total. The molecule has 0 atom stereocenters. The smallest absolute Gasteiger partial charge is 0.248 e. The standard InChI is InChI=1S/C7H7BrF2N2O2S/c1-3-2-12-6(8)5(15(11,13)14)4(3)7(9)10/h2,7H,1H3,(H2,11,13,14). The highest BCUT2D eigenvalue weighted by atomic mass is 79.9. The van der Waals surface area contributed by atoms with Crippen LogP contribution in [0.4, 0.5) is 8.78 Å². The normalized spacial score (nSPS) is 12.1. The molecule has 0 amide bonds. The third kappa shape index (κ3) is 2.50. The van der Waals surface area contributed by atoms with Crippen LogP contribution >= 0.6 is 15.9 Å². The second kappa shape index (κ2) is 4.11. The molecule has 0 saturated carbocycles. The Balaban J connectivity index is 3.68. The van der Waals surface area contributed by atoms with Gasteiger partial charge in [0, 0.05) is 11.8 Å². The van der Waals surface area contributed by atoms with Crippen LogP contribution in [0.25, 0.3) is 0 Å².